The summed E-state index contributed by atoms with van der Waals surface area (Å²) in [5.41, 5.74) is 3.86. The van der Waals surface area contributed by atoms with Crippen molar-refractivity contribution in [2.45, 2.75) is 13.0 Å². The molecule has 0 bridgehead atoms. The van der Waals surface area contributed by atoms with Gasteiger partial charge in [-0.25, -0.2) is 13.8 Å². The van der Waals surface area contributed by atoms with Gasteiger partial charge in [-0.05, 0) is 29.8 Å². The first kappa shape index (κ1) is 15.7. The minimum Gasteiger partial charge on any atom is -0.339 e. The monoisotopic (exact) mass is 338 g/mol. The van der Waals surface area contributed by atoms with E-state index in [1.807, 2.05) is 0 Å². The molecule has 0 fully saturated rings. The Balaban J connectivity index is 1.55. The Morgan fingerprint density at radius 1 is 1.04 bits per heavy atom. The molecular formula is C19H16F2N4. The Morgan fingerprint density at radius 3 is 2.80 bits per heavy atom. The van der Waals surface area contributed by atoms with E-state index < -0.39 is 11.6 Å². The maximum Gasteiger partial charge on any atom is 0.166 e. The largest absolute Gasteiger partial charge is 0.339 e. The number of anilines is 2. The highest BCUT2D eigenvalue weighted by atomic mass is 19.2. The van der Waals surface area contributed by atoms with Gasteiger partial charge in [-0.1, -0.05) is 12.1 Å². The van der Waals surface area contributed by atoms with E-state index in [-0.39, 0.29) is 5.56 Å². The molecule has 3 aromatic rings. The molecular weight excluding hydrogens is 322 g/mol. The van der Waals surface area contributed by atoms with E-state index in [2.05, 4.69) is 26.7 Å². The molecule has 0 spiro atoms. The van der Waals surface area contributed by atoms with Crippen LogP contribution in [0.2, 0.25) is 0 Å². The number of fused-ring (bicyclic) bond motifs is 1. The maximum atomic E-state index is 13.9. The van der Waals surface area contributed by atoms with Crippen LogP contribution in [0.25, 0.3) is 11.1 Å². The van der Waals surface area contributed by atoms with Gasteiger partial charge in [-0.15, -0.1) is 0 Å². The molecule has 0 amide bonds. The zero-order chi connectivity index (χ0) is 17.2. The maximum absolute atomic E-state index is 13.9. The summed E-state index contributed by atoms with van der Waals surface area (Å²) in [6, 6.07) is 9.60. The molecule has 0 saturated carbocycles. The van der Waals surface area contributed by atoms with Gasteiger partial charge in [0.25, 0.3) is 0 Å². The third kappa shape index (κ3) is 3.21. The van der Waals surface area contributed by atoms with E-state index in [0.717, 1.165) is 37.0 Å². The molecule has 0 atom stereocenters. The molecule has 2 N–H and O–H groups in total. The SMILES string of the molecule is Fc1cccc(-c2ccc(Nc3cnc4c(c3)CNCC4)nc2)c1F. The molecule has 0 aliphatic carbocycles. The Bertz CT molecular complexity index is 910. The van der Waals surface area contributed by atoms with Crippen LogP contribution >= 0.6 is 0 Å². The first-order chi connectivity index (χ1) is 12.2. The molecule has 4 rings (SSSR count). The van der Waals surface area contributed by atoms with E-state index in [9.17, 15) is 8.78 Å². The van der Waals surface area contributed by atoms with Gasteiger partial charge in [-0.2, -0.15) is 0 Å². The standard InChI is InChI=1S/C19H16F2N4/c20-16-3-1-2-15(19(16)21)12-4-5-18(24-10-12)25-14-8-13-9-22-7-6-17(13)23-11-14/h1-5,8,10-11,22H,6-7,9H2,(H,24,25). The van der Waals surface area contributed by atoms with Crippen molar-refractivity contribution < 1.29 is 8.78 Å². The number of rotatable bonds is 3. The smallest absolute Gasteiger partial charge is 0.166 e. The molecule has 0 unspecified atom stereocenters. The summed E-state index contributed by atoms with van der Waals surface area (Å²) in [6.45, 7) is 1.76. The van der Waals surface area contributed by atoms with Crippen molar-refractivity contribution in [2.24, 2.45) is 0 Å². The number of nitrogens with one attached hydrogen (secondary N) is 2. The van der Waals surface area contributed by atoms with Crippen LogP contribution in [0.5, 0.6) is 0 Å². The Morgan fingerprint density at radius 2 is 1.96 bits per heavy atom. The van der Waals surface area contributed by atoms with Gasteiger partial charge in [0.05, 0.1) is 11.9 Å². The van der Waals surface area contributed by atoms with Crippen molar-refractivity contribution in [2.75, 3.05) is 11.9 Å². The molecule has 1 aliphatic rings. The topological polar surface area (TPSA) is 49.8 Å². The first-order valence-electron chi connectivity index (χ1n) is 8.07. The van der Waals surface area contributed by atoms with E-state index in [1.54, 1.807) is 18.3 Å². The van der Waals surface area contributed by atoms with Crippen LogP contribution in [0.4, 0.5) is 20.3 Å². The second-order valence-corrected chi connectivity index (χ2v) is 5.92. The molecule has 25 heavy (non-hydrogen) atoms. The van der Waals surface area contributed by atoms with Gasteiger partial charge in [0.1, 0.15) is 5.82 Å². The highest BCUT2D eigenvalue weighted by Crippen LogP contribution is 2.25. The molecule has 3 heterocycles. The fraction of sp³-hybridized carbons (Fsp3) is 0.158. The zero-order valence-corrected chi connectivity index (χ0v) is 13.4. The van der Waals surface area contributed by atoms with E-state index in [4.69, 9.17) is 0 Å². The summed E-state index contributed by atoms with van der Waals surface area (Å²) in [6.07, 6.45) is 4.24. The summed E-state index contributed by atoms with van der Waals surface area (Å²) >= 11 is 0. The van der Waals surface area contributed by atoms with Crippen LogP contribution in [0, 0.1) is 11.6 Å². The number of halogens is 2. The molecule has 4 nitrogen and oxygen atoms in total. The number of hydrogen-bond donors (Lipinski definition) is 2. The Hall–Kier alpha value is -2.86. The lowest BCUT2D eigenvalue weighted by molar-refractivity contribution is 0.511. The van der Waals surface area contributed by atoms with Crippen LogP contribution in [0.15, 0.2) is 48.8 Å². The molecule has 0 saturated heterocycles. The normalized spacial score (nSPS) is 13.4. The summed E-state index contributed by atoms with van der Waals surface area (Å²) in [5.74, 6) is -1.11. The molecule has 1 aromatic carbocycles. The van der Waals surface area contributed by atoms with Crippen molar-refractivity contribution in [1.82, 2.24) is 15.3 Å². The summed E-state index contributed by atoms with van der Waals surface area (Å²) in [4.78, 5) is 8.77. The quantitative estimate of drug-likeness (QED) is 0.762. The minimum atomic E-state index is -0.867. The number of benzene rings is 1. The average Bonchev–Trinajstić information content (AvgIpc) is 2.65. The van der Waals surface area contributed by atoms with Crippen molar-refractivity contribution in [3.63, 3.8) is 0 Å². The lowest BCUT2D eigenvalue weighted by Crippen LogP contribution is -2.24. The van der Waals surface area contributed by atoms with Crippen LogP contribution in [-0.4, -0.2) is 16.5 Å². The number of pyridine rings is 2. The van der Waals surface area contributed by atoms with Crippen LogP contribution in [-0.2, 0) is 13.0 Å². The fourth-order valence-electron chi connectivity index (χ4n) is 2.92. The third-order valence-corrected chi connectivity index (χ3v) is 4.21. The summed E-state index contributed by atoms with van der Waals surface area (Å²) < 4.78 is 27.2. The van der Waals surface area contributed by atoms with Crippen molar-refractivity contribution in [3.05, 3.63) is 71.7 Å². The van der Waals surface area contributed by atoms with Gasteiger partial charge in [0, 0.05) is 42.5 Å². The Kier molecular flexibility index (Phi) is 4.11. The molecule has 6 heteroatoms. The van der Waals surface area contributed by atoms with Gasteiger partial charge in [0.2, 0.25) is 0 Å². The second kappa shape index (κ2) is 6.57. The van der Waals surface area contributed by atoms with E-state index in [1.165, 1.54) is 23.9 Å². The van der Waals surface area contributed by atoms with Crippen molar-refractivity contribution in [3.8, 4) is 11.1 Å². The second-order valence-electron chi connectivity index (χ2n) is 5.92. The van der Waals surface area contributed by atoms with Crippen LogP contribution < -0.4 is 10.6 Å². The fourth-order valence-corrected chi connectivity index (χ4v) is 2.92. The molecule has 2 aromatic heterocycles. The van der Waals surface area contributed by atoms with E-state index in [0.29, 0.717) is 11.4 Å². The highest BCUT2D eigenvalue weighted by Gasteiger charge is 2.12. The van der Waals surface area contributed by atoms with E-state index >= 15 is 0 Å². The lowest BCUT2D eigenvalue weighted by atomic mass is 10.1. The predicted molar refractivity (Wildman–Crippen MR) is 92.5 cm³/mol. The van der Waals surface area contributed by atoms with Gasteiger partial charge >= 0.3 is 0 Å². The molecule has 126 valence electrons. The number of hydrogen-bond acceptors (Lipinski definition) is 4. The van der Waals surface area contributed by atoms with Gasteiger partial charge < -0.3 is 10.6 Å². The van der Waals surface area contributed by atoms with Crippen molar-refractivity contribution >= 4 is 11.5 Å². The van der Waals surface area contributed by atoms with Crippen molar-refractivity contribution in [1.29, 1.82) is 0 Å². The number of aromatic nitrogens is 2. The predicted octanol–water partition coefficient (Wildman–Crippen LogP) is 3.81. The highest BCUT2D eigenvalue weighted by molar-refractivity contribution is 5.66. The molecule has 0 radical (unpaired) electrons. The zero-order valence-electron chi connectivity index (χ0n) is 13.4. The lowest BCUT2D eigenvalue weighted by Gasteiger charge is -2.17. The minimum absolute atomic E-state index is 0.195. The Labute approximate surface area is 144 Å². The summed E-state index contributed by atoms with van der Waals surface area (Å²) in [7, 11) is 0. The molecule has 1 aliphatic heterocycles. The van der Waals surface area contributed by atoms with Crippen LogP contribution in [0.1, 0.15) is 11.3 Å². The average molecular weight is 338 g/mol. The van der Waals surface area contributed by atoms with Gasteiger partial charge in [0.15, 0.2) is 11.6 Å². The van der Waals surface area contributed by atoms with Crippen LogP contribution in [0.3, 0.4) is 0 Å². The number of nitrogens with zero attached hydrogens (tertiary/aromatic N) is 2. The summed E-state index contributed by atoms with van der Waals surface area (Å²) in [5, 5.41) is 6.51. The third-order valence-electron chi connectivity index (χ3n) is 4.21. The first-order valence-corrected chi connectivity index (χ1v) is 8.07. The van der Waals surface area contributed by atoms with Gasteiger partial charge in [-0.3, -0.25) is 4.98 Å².